The van der Waals surface area contributed by atoms with Gasteiger partial charge in [-0.1, -0.05) is 18.2 Å². The number of hydrogen-bond donors (Lipinski definition) is 1. The third-order valence-corrected chi connectivity index (χ3v) is 2.78. The quantitative estimate of drug-likeness (QED) is 0.889. The van der Waals surface area contributed by atoms with Gasteiger partial charge in [0.2, 0.25) is 0 Å². The molecule has 2 rings (SSSR count). The maximum Gasteiger partial charge on any atom is 0.128 e. The molecule has 0 unspecified atom stereocenters. The summed E-state index contributed by atoms with van der Waals surface area (Å²) in [5.74, 6) is -0.212. The number of anilines is 1. The average molecular weight is 240 g/mol. The Balaban J connectivity index is 2.12. The minimum absolute atomic E-state index is 0.212. The number of benzene rings is 2. The van der Waals surface area contributed by atoms with Crippen molar-refractivity contribution in [1.82, 2.24) is 0 Å². The third kappa shape index (κ3) is 2.67. The van der Waals surface area contributed by atoms with E-state index in [2.05, 4.69) is 11.4 Å². The lowest BCUT2D eigenvalue weighted by molar-refractivity contribution is 0.613. The standard InChI is InChI=1S/C15H13FN2/c1-11-8-12(9-17)6-7-15(11)18-10-13-4-2-3-5-14(13)16/h2-8,18H,10H2,1H3. The SMILES string of the molecule is Cc1cc(C#N)ccc1NCc1ccccc1F. The summed E-state index contributed by atoms with van der Waals surface area (Å²) < 4.78 is 13.4. The first-order chi connectivity index (χ1) is 8.70. The summed E-state index contributed by atoms with van der Waals surface area (Å²) in [6.45, 7) is 2.35. The normalized spacial score (nSPS) is 9.83. The van der Waals surface area contributed by atoms with Gasteiger partial charge in [-0.3, -0.25) is 0 Å². The first-order valence-electron chi connectivity index (χ1n) is 5.69. The predicted octanol–water partition coefficient (Wildman–Crippen LogP) is 3.62. The van der Waals surface area contributed by atoms with Crippen LogP contribution in [-0.4, -0.2) is 0 Å². The zero-order chi connectivity index (χ0) is 13.0. The van der Waals surface area contributed by atoms with E-state index in [-0.39, 0.29) is 5.82 Å². The zero-order valence-corrected chi connectivity index (χ0v) is 10.1. The molecule has 0 aliphatic rings. The van der Waals surface area contributed by atoms with Gasteiger partial charge in [-0.05, 0) is 36.8 Å². The number of hydrogen-bond acceptors (Lipinski definition) is 2. The van der Waals surface area contributed by atoms with Crippen molar-refractivity contribution < 1.29 is 4.39 Å². The second-order valence-electron chi connectivity index (χ2n) is 4.09. The fraction of sp³-hybridized carbons (Fsp3) is 0.133. The topological polar surface area (TPSA) is 35.8 Å². The first kappa shape index (κ1) is 12.1. The molecule has 2 nitrogen and oxygen atoms in total. The summed E-state index contributed by atoms with van der Waals surface area (Å²) in [6, 6.07) is 14.2. The van der Waals surface area contributed by atoms with Gasteiger partial charge in [0.05, 0.1) is 11.6 Å². The molecule has 0 fully saturated rings. The predicted molar refractivity (Wildman–Crippen MR) is 69.6 cm³/mol. The van der Waals surface area contributed by atoms with Crippen molar-refractivity contribution in [3.8, 4) is 6.07 Å². The van der Waals surface area contributed by atoms with Crippen LogP contribution < -0.4 is 5.32 Å². The Bertz CT molecular complexity index is 600. The number of nitrogens with one attached hydrogen (secondary N) is 1. The molecule has 0 radical (unpaired) electrons. The van der Waals surface area contributed by atoms with E-state index in [1.165, 1.54) is 6.07 Å². The van der Waals surface area contributed by atoms with Crippen LogP contribution in [0.25, 0.3) is 0 Å². The molecule has 1 N–H and O–H groups in total. The van der Waals surface area contributed by atoms with E-state index in [1.807, 2.05) is 25.1 Å². The van der Waals surface area contributed by atoms with Crippen molar-refractivity contribution >= 4 is 5.69 Å². The Kier molecular flexibility index (Phi) is 3.59. The molecule has 2 aromatic rings. The van der Waals surface area contributed by atoms with Gasteiger partial charge in [-0.25, -0.2) is 4.39 Å². The molecule has 18 heavy (non-hydrogen) atoms. The number of rotatable bonds is 3. The monoisotopic (exact) mass is 240 g/mol. The molecule has 0 amide bonds. The van der Waals surface area contributed by atoms with Gasteiger partial charge in [0.1, 0.15) is 5.82 Å². The molecule has 0 spiro atoms. The molecule has 0 aromatic heterocycles. The molecule has 0 bridgehead atoms. The van der Waals surface area contributed by atoms with Gasteiger partial charge in [0.25, 0.3) is 0 Å². The summed E-state index contributed by atoms with van der Waals surface area (Å²) in [5, 5.41) is 11.9. The van der Waals surface area contributed by atoms with Gasteiger partial charge in [0.15, 0.2) is 0 Å². The molecule has 3 heteroatoms. The summed E-state index contributed by atoms with van der Waals surface area (Å²) >= 11 is 0. The number of nitriles is 1. The van der Waals surface area contributed by atoms with E-state index >= 15 is 0 Å². The molecule has 0 heterocycles. The highest BCUT2D eigenvalue weighted by Gasteiger charge is 2.02. The van der Waals surface area contributed by atoms with Crippen LogP contribution in [0.15, 0.2) is 42.5 Å². The summed E-state index contributed by atoms with van der Waals surface area (Å²) in [4.78, 5) is 0. The second kappa shape index (κ2) is 5.33. The van der Waals surface area contributed by atoms with Crippen LogP contribution in [-0.2, 0) is 6.54 Å². The van der Waals surface area contributed by atoms with Crippen molar-refractivity contribution in [1.29, 1.82) is 5.26 Å². The van der Waals surface area contributed by atoms with Crippen molar-refractivity contribution in [3.05, 3.63) is 65.0 Å². The lowest BCUT2D eigenvalue weighted by atomic mass is 10.1. The molecule has 2 aromatic carbocycles. The van der Waals surface area contributed by atoms with E-state index in [1.54, 1.807) is 18.2 Å². The van der Waals surface area contributed by atoms with E-state index in [0.717, 1.165) is 11.3 Å². The van der Waals surface area contributed by atoms with E-state index < -0.39 is 0 Å². The van der Waals surface area contributed by atoms with Crippen molar-refractivity contribution in [2.24, 2.45) is 0 Å². The Hall–Kier alpha value is -2.34. The Morgan fingerprint density at radius 3 is 2.67 bits per heavy atom. The third-order valence-electron chi connectivity index (χ3n) is 2.78. The highest BCUT2D eigenvalue weighted by atomic mass is 19.1. The first-order valence-corrected chi connectivity index (χ1v) is 5.69. The van der Waals surface area contributed by atoms with E-state index in [0.29, 0.717) is 17.7 Å². The molecule has 90 valence electrons. The highest BCUT2D eigenvalue weighted by Crippen LogP contribution is 2.17. The smallest absolute Gasteiger partial charge is 0.128 e. The van der Waals surface area contributed by atoms with Gasteiger partial charge in [0, 0.05) is 17.8 Å². The number of halogens is 1. The van der Waals surface area contributed by atoms with Crippen molar-refractivity contribution in [2.45, 2.75) is 13.5 Å². The van der Waals surface area contributed by atoms with Crippen LogP contribution in [0.3, 0.4) is 0 Å². The number of nitrogens with zero attached hydrogens (tertiary/aromatic N) is 1. The minimum Gasteiger partial charge on any atom is -0.381 e. The van der Waals surface area contributed by atoms with Gasteiger partial charge in [-0.2, -0.15) is 5.26 Å². The van der Waals surface area contributed by atoms with Crippen LogP contribution in [0.2, 0.25) is 0 Å². The van der Waals surface area contributed by atoms with Gasteiger partial charge >= 0.3 is 0 Å². The molecular formula is C15H13FN2. The largest absolute Gasteiger partial charge is 0.381 e. The summed E-state index contributed by atoms with van der Waals surface area (Å²) in [7, 11) is 0. The van der Waals surface area contributed by atoms with Crippen LogP contribution in [0.1, 0.15) is 16.7 Å². The highest BCUT2D eigenvalue weighted by molar-refractivity contribution is 5.54. The fourth-order valence-corrected chi connectivity index (χ4v) is 1.76. The average Bonchev–Trinajstić information content (AvgIpc) is 2.39. The van der Waals surface area contributed by atoms with Crippen LogP contribution in [0, 0.1) is 24.1 Å². The molecule has 0 aliphatic heterocycles. The molecule has 0 aliphatic carbocycles. The molecule has 0 atom stereocenters. The second-order valence-corrected chi connectivity index (χ2v) is 4.09. The maximum atomic E-state index is 13.4. The lowest BCUT2D eigenvalue weighted by Crippen LogP contribution is -2.03. The fourth-order valence-electron chi connectivity index (χ4n) is 1.76. The number of aryl methyl sites for hydroxylation is 1. The molecule has 0 saturated heterocycles. The zero-order valence-electron chi connectivity index (χ0n) is 10.1. The Labute approximate surface area is 106 Å². The lowest BCUT2D eigenvalue weighted by Gasteiger charge is -2.10. The van der Waals surface area contributed by atoms with Crippen LogP contribution >= 0.6 is 0 Å². The van der Waals surface area contributed by atoms with Gasteiger partial charge < -0.3 is 5.32 Å². The minimum atomic E-state index is -0.212. The van der Waals surface area contributed by atoms with E-state index in [4.69, 9.17) is 5.26 Å². The van der Waals surface area contributed by atoms with Crippen LogP contribution in [0.5, 0.6) is 0 Å². The Morgan fingerprint density at radius 1 is 1.22 bits per heavy atom. The maximum absolute atomic E-state index is 13.4. The van der Waals surface area contributed by atoms with E-state index in [9.17, 15) is 4.39 Å². The summed E-state index contributed by atoms with van der Waals surface area (Å²) in [6.07, 6.45) is 0. The molecular weight excluding hydrogens is 227 g/mol. The molecule has 0 saturated carbocycles. The van der Waals surface area contributed by atoms with Crippen LogP contribution in [0.4, 0.5) is 10.1 Å². The van der Waals surface area contributed by atoms with Crippen molar-refractivity contribution in [3.63, 3.8) is 0 Å². The van der Waals surface area contributed by atoms with Crippen molar-refractivity contribution in [2.75, 3.05) is 5.32 Å². The van der Waals surface area contributed by atoms with Gasteiger partial charge in [-0.15, -0.1) is 0 Å². The Morgan fingerprint density at radius 2 is 2.00 bits per heavy atom. The summed E-state index contributed by atoms with van der Waals surface area (Å²) in [5.41, 5.74) is 3.15.